The topological polar surface area (TPSA) is 117 Å². The van der Waals surface area contributed by atoms with Crippen LogP contribution in [-0.2, 0) is 11.0 Å². The molecule has 0 spiro atoms. The van der Waals surface area contributed by atoms with Gasteiger partial charge in [-0.05, 0) is 78.9 Å². The summed E-state index contributed by atoms with van der Waals surface area (Å²) >= 11 is 0. The second kappa shape index (κ2) is 11.2. The highest BCUT2D eigenvalue weighted by molar-refractivity contribution is 6.74. The SMILES string of the molecule is CC(C)(CO[Si](C)(C)C(C)(C)C)Cn1cnc2cc(-c3cc(C4CC4)cc(N(C(=O)O)c4cc(C#N)ccn4)n3)ccc21. The average molecular weight is 597 g/mol. The van der Waals surface area contributed by atoms with Crippen LogP contribution in [0.3, 0.4) is 0 Å². The molecule has 0 aliphatic heterocycles. The molecule has 1 fully saturated rings. The van der Waals surface area contributed by atoms with Gasteiger partial charge >= 0.3 is 6.09 Å². The summed E-state index contributed by atoms with van der Waals surface area (Å²) in [5, 5.41) is 19.6. The molecule has 43 heavy (non-hydrogen) atoms. The number of benzene rings is 1. The number of rotatable bonds is 9. The number of anilines is 2. The number of carboxylic acid groups (broad SMARTS) is 1. The van der Waals surface area contributed by atoms with E-state index in [0.29, 0.717) is 23.8 Å². The van der Waals surface area contributed by atoms with Gasteiger partial charge in [-0.25, -0.2) is 24.6 Å². The van der Waals surface area contributed by atoms with Crippen molar-refractivity contribution in [1.29, 1.82) is 5.26 Å². The van der Waals surface area contributed by atoms with Gasteiger partial charge < -0.3 is 14.1 Å². The van der Waals surface area contributed by atoms with Crippen molar-refractivity contribution < 1.29 is 14.3 Å². The van der Waals surface area contributed by atoms with Gasteiger partial charge in [0.25, 0.3) is 0 Å². The maximum absolute atomic E-state index is 12.4. The smallest absolute Gasteiger partial charge is 0.418 e. The number of imidazole rings is 1. The molecule has 1 N–H and O–H groups in total. The van der Waals surface area contributed by atoms with E-state index in [0.717, 1.165) is 46.4 Å². The lowest BCUT2D eigenvalue weighted by Crippen LogP contribution is -2.43. The molecule has 1 aliphatic carbocycles. The van der Waals surface area contributed by atoms with Crippen LogP contribution in [0.4, 0.5) is 16.4 Å². The minimum absolute atomic E-state index is 0.0892. The first-order valence-electron chi connectivity index (χ1n) is 14.7. The molecule has 5 rings (SSSR count). The zero-order chi connectivity index (χ0) is 31.2. The number of nitrogens with zero attached hydrogens (tertiary/aromatic N) is 6. The molecule has 1 aromatic carbocycles. The monoisotopic (exact) mass is 596 g/mol. The van der Waals surface area contributed by atoms with E-state index in [1.54, 1.807) is 6.07 Å². The molecule has 224 valence electrons. The Bertz CT molecular complexity index is 1710. The molecule has 0 atom stereocenters. The zero-order valence-corrected chi connectivity index (χ0v) is 27.0. The van der Waals surface area contributed by atoms with Gasteiger partial charge in [-0.15, -0.1) is 0 Å². The minimum Gasteiger partial charge on any atom is -0.464 e. The van der Waals surface area contributed by atoms with E-state index < -0.39 is 14.4 Å². The van der Waals surface area contributed by atoms with Crippen LogP contribution in [0.15, 0.2) is 55.0 Å². The van der Waals surface area contributed by atoms with Crippen LogP contribution in [0.25, 0.3) is 22.3 Å². The van der Waals surface area contributed by atoms with Crippen LogP contribution in [0.5, 0.6) is 0 Å². The summed E-state index contributed by atoms with van der Waals surface area (Å²) in [5.41, 5.74) is 4.66. The maximum Gasteiger partial charge on any atom is 0.418 e. The second-order valence-corrected chi connectivity index (χ2v) is 18.6. The van der Waals surface area contributed by atoms with Crippen LogP contribution in [-0.4, -0.2) is 45.6 Å². The van der Waals surface area contributed by atoms with E-state index in [-0.39, 0.29) is 22.1 Å². The fourth-order valence-corrected chi connectivity index (χ4v) is 6.01. The number of aromatic nitrogens is 4. The Morgan fingerprint density at radius 3 is 2.49 bits per heavy atom. The molecule has 9 nitrogen and oxygen atoms in total. The van der Waals surface area contributed by atoms with Gasteiger partial charge in [-0.3, -0.25) is 0 Å². The van der Waals surface area contributed by atoms with Crippen LogP contribution in [0, 0.1) is 16.7 Å². The first kappa shape index (κ1) is 30.4. The molecular weight excluding hydrogens is 556 g/mol. The molecule has 3 aromatic heterocycles. The Morgan fingerprint density at radius 1 is 1.09 bits per heavy atom. The van der Waals surface area contributed by atoms with Crippen molar-refractivity contribution in [2.45, 2.75) is 78.1 Å². The van der Waals surface area contributed by atoms with E-state index in [4.69, 9.17) is 14.4 Å². The Labute approximate surface area is 254 Å². The normalized spacial score (nSPS) is 14.1. The molecule has 0 saturated heterocycles. The molecule has 1 aliphatic rings. The molecule has 3 heterocycles. The van der Waals surface area contributed by atoms with E-state index in [1.165, 1.54) is 12.3 Å². The summed E-state index contributed by atoms with van der Waals surface area (Å²) < 4.78 is 8.73. The van der Waals surface area contributed by atoms with Crippen molar-refractivity contribution in [2.24, 2.45) is 5.41 Å². The highest BCUT2D eigenvalue weighted by Gasteiger charge is 2.38. The number of fused-ring (bicyclic) bond motifs is 1. The molecule has 0 unspecified atom stereocenters. The summed E-state index contributed by atoms with van der Waals surface area (Å²) in [7, 11) is -1.86. The molecule has 0 bridgehead atoms. The van der Waals surface area contributed by atoms with Gasteiger partial charge in [0.2, 0.25) is 0 Å². The lowest BCUT2D eigenvalue weighted by molar-refractivity contribution is 0.147. The van der Waals surface area contributed by atoms with Gasteiger partial charge in [-0.1, -0.05) is 40.7 Å². The third-order valence-corrected chi connectivity index (χ3v) is 13.0. The summed E-state index contributed by atoms with van der Waals surface area (Å²) in [6.07, 6.45) is 4.19. The standard InChI is InChI=1S/C33H40N6O3Si/c1-32(2,3)43(6,7)42-20-33(4,5)19-38-21-36-27-15-24(10-11-28(27)38)26-16-25(23-8-9-23)17-30(37-26)39(31(40)41)29-14-22(18-34)12-13-35-29/h10-17,21,23H,8-9,19-20H2,1-7H3,(H,40,41). The summed E-state index contributed by atoms with van der Waals surface area (Å²) in [6, 6.07) is 15.0. The van der Waals surface area contributed by atoms with Crippen molar-refractivity contribution in [3.63, 3.8) is 0 Å². The second-order valence-electron chi connectivity index (χ2n) is 13.8. The van der Waals surface area contributed by atoms with E-state index >= 15 is 0 Å². The Balaban J connectivity index is 1.45. The maximum atomic E-state index is 12.4. The van der Waals surface area contributed by atoms with Crippen LogP contribution >= 0.6 is 0 Å². The number of hydrogen-bond acceptors (Lipinski definition) is 6. The quantitative estimate of drug-likeness (QED) is 0.194. The number of carbonyl (C=O) groups is 1. The third kappa shape index (κ3) is 6.63. The van der Waals surface area contributed by atoms with Crippen LogP contribution in [0.1, 0.15) is 64.5 Å². The fourth-order valence-electron chi connectivity index (χ4n) is 4.82. The van der Waals surface area contributed by atoms with Crippen LogP contribution < -0.4 is 4.90 Å². The largest absolute Gasteiger partial charge is 0.464 e. The number of nitriles is 1. The first-order chi connectivity index (χ1) is 20.2. The fraction of sp³-hybridized carbons (Fsp3) is 0.424. The Morgan fingerprint density at radius 2 is 1.84 bits per heavy atom. The molecule has 1 saturated carbocycles. The Kier molecular flexibility index (Phi) is 7.92. The lowest BCUT2D eigenvalue weighted by atomic mass is 9.95. The summed E-state index contributed by atoms with van der Waals surface area (Å²) in [5.74, 6) is 0.754. The molecule has 1 amide bonds. The van der Waals surface area contributed by atoms with E-state index in [9.17, 15) is 15.2 Å². The summed E-state index contributed by atoms with van der Waals surface area (Å²) in [4.78, 5) is 27.2. The van der Waals surface area contributed by atoms with Crippen molar-refractivity contribution >= 4 is 37.1 Å². The van der Waals surface area contributed by atoms with Crippen molar-refractivity contribution in [3.05, 3.63) is 66.1 Å². The predicted molar refractivity (Wildman–Crippen MR) is 171 cm³/mol. The summed E-state index contributed by atoms with van der Waals surface area (Å²) in [6.45, 7) is 17.2. The van der Waals surface area contributed by atoms with Crippen molar-refractivity contribution in [3.8, 4) is 17.3 Å². The zero-order valence-electron chi connectivity index (χ0n) is 26.0. The van der Waals surface area contributed by atoms with Gasteiger partial charge in [-0.2, -0.15) is 5.26 Å². The third-order valence-electron chi connectivity index (χ3n) is 8.55. The van der Waals surface area contributed by atoms with Gasteiger partial charge in [0.1, 0.15) is 11.6 Å². The first-order valence-corrected chi connectivity index (χ1v) is 17.6. The number of pyridine rings is 2. The number of hydrogen-bond donors (Lipinski definition) is 1. The number of amides is 1. The predicted octanol–water partition coefficient (Wildman–Crippen LogP) is 8.11. The average Bonchev–Trinajstić information content (AvgIpc) is 3.73. The van der Waals surface area contributed by atoms with Crippen molar-refractivity contribution in [2.75, 3.05) is 11.5 Å². The van der Waals surface area contributed by atoms with Gasteiger partial charge in [0, 0.05) is 30.3 Å². The lowest BCUT2D eigenvalue weighted by Gasteiger charge is -2.39. The van der Waals surface area contributed by atoms with Crippen LogP contribution in [0.2, 0.25) is 18.1 Å². The highest BCUT2D eigenvalue weighted by Crippen LogP contribution is 2.43. The van der Waals surface area contributed by atoms with Gasteiger partial charge in [0.05, 0.1) is 34.7 Å². The minimum atomic E-state index is -1.86. The van der Waals surface area contributed by atoms with E-state index in [2.05, 4.69) is 63.3 Å². The Hall–Kier alpha value is -4.07. The molecular formula is C33H40N6O3Si. The molecule has 4 aromatic rings. The molecule has 10 heteroatoms. The highest BCUT2D eigenvalue weighted by atomic mass is 28.4. The van der Waals surface area contributed by atoms with Gasteiger partial charge in [0.15, 0.2) is 8.32 Å². The molecule has 0 radical (unpaired) electrons. The van der Waals surface area contributed by atoms with E-state index in [1.807, 2.05) is 36.7 Å². The van der Waals surface area contributed by atoms with Crippen molar-refractivity contribution in [1.82, 2.24) is 19.5 Å².